The van der Waals surface area contributed by atoms with Gasteiger partial charge >= 0.3 is 6.09 Å². The first kappa shape index (κ1) is 17.1. The van der Waals surface area contributed by atoms with E-state index in [2.05, 4.69) is 20.1 Å². The third kappa shape index (κ3) is 3.22. The summed E-state index contributed by atoms with van der Waals surface area (Å²) in [6, 6.07) is 0. The number of hydrogen-bond acceptors (Lipinski definition) is 5. The lowest BCUT2D eigenvalue weighted by molar-refractivity contribution is 0.0240. The third-order valence-electron chi connectivity index (χ3n) is 5.27. The number of pyridine rings is 1. The standard InChI is InChI=1S/C19H27N5O2/c1-19(2,3)26-18(25)24-9-7-23(8-10-24)16-14(13-5-4-6-13)11-20-17-15(16)12-21-22-17/h11-13H,4-10H2,1-3H3,(H,20,21,22). The highest BCUT2D eigenvalue weighted by Crippen LogP contribution is 2.43. The average Bonchev–Trinajstić information content (AvgIpc) is 3.00. The van der Waals surface area contributed by atoms with E-state index in [1.165, 1.54) is 30.5 Å². The summed E-state index contributed by atoms with van der Waals surface area (Å²) in [7, 11) is 0. The fourth-order valence-electron chi connectivity index (χ4n) is 3.71. The van der Waals surface area contributed by atoms with E-state index in [4.69, 9.17) is 4.74 Å². The minimum absolute atomic E-state index is 0.223. The van der Waals surface area contributed by atoms with Crippen LogP contribution in [0.25, 0.3) is 11.0 Å². The molecule has 1 aliphatic heterocycles. The van der Waals surface area contributed by atoms with Crippen molar-refractivity contribution in [2.75, 3.05) is 31.1 Å². The Morgan fingerprint density at radius 2 is 1.92 bits per heavy atom. The maximum Gasteiger partial charge on any atom is 0.410 e. The Morgan fingerprint density at radius 1 is 1.19 bits per heavy atom. The van der Waals surface area contributed by atoms with E-state index in [9.17, 15) is 4.79 Å². The first-order chi connectivity index (χ1) is 12.4. The highest BCUT2D eigenvalue weighted by atomic mass is 16.6. The van der Waals surface area contributed by atoms with Crippen LogP contribution < -0.4 is 4.90 Å². The zero-order chi connectivity index (χ0) is 18.3. The van der Waals surface area contributed by atoms with Gasteiger partial charge in [0, 0.05) is 32.4 Å². The van der Waals surface area contributed by atoms with Crippen LogP contribution in [0.1, 0.15) is 51.5 Å². The lowest BCUT2D eigenvalue weighted by atomic mass is 9.79. The van der Waals surface area contributed by atoms with Gasteiger partial charge in [0.2, 0.25) is 0 Å². The van der Waals surface area contributed by atoms with Gasteiger partial charge in [-0.15, -0.1) is 0 Å². The number of piperazine rings is 1. The van der Waals surface area contributed by atoms with Crippen LogP contribution in [0.3, 0.4) is 0 Å². The summed E-state index contributed by atoms with van der Waals surface area (Å²) in [4.78, 5) is 21.1. The van der Waals surface area contributed by atoms with E-state index in [-0.39, 0.29) is 6.09 Å². The number of aromatic nitrogens is 3. The minimum Gasteiger partial charge on any atom is -0.444 e. The highest BCUT2D eigenvalue weighted by Gasteiger charge is 2.30. The Bertz CT molecular complexity index is 798. The summed E-state index contributed by atoms with van der Waals surface area (Å²) in [6.07, 6.45) is 7.42. The Kier molecular flexibility index (Phi) is 4.25. The molecular weight excluding hydrogens is 330 g/mol. The van der Waals surface area contributed by atoms with Gasteiger partial charge in [-0.1, -0.05) is 6.42 Å². The number of nitrogens with zero attached hydrogens (tertiary/aromatic N) is 4. The molecule has 0 bridgehead atoms. The van der Waals surface area contributed by atoms with Gasteiger partial charge in [-0.3, -0.25) is 5.10 Å². The summed E-state index contributed by atoms with van der Waals surface area (Å²) in [6.45, 7) is 8.63. The predicted octanol–water partition coefficient (Wildman–Crippen LogP) is 3.28. The molecule has 0 spiro atoms. The summed E-state index contributed by atoms with van der Waals surface area (Å²) >= 11 is 0. The molecule has 0 radical (unpaired) electrons. The number of carbonyl (C=O) groups is 1. The second kappa shape index (κ2) is 6.45. The summed E-state index contributed by atoms with van der Waals surface area (Å²) in [5.41, 5.74) is 2.95. The Morgan fingerprint density at radius 3 is 2.54 bits per heavy atom. The average molecular weight is 357 g/mol. The molecule has 0 atom stereocenters. The lowest BCUT2D eigenvalue weighted by Crippen LogP contribution is -2.50. The van der Waals surface area contributed by atoms with Crippen molar-refractivity contribution in [3.05, 3.63) is 18.0 Å². The van der Waals surface area contributed by atoms with Crippen LogP contribution in [-0.2, 0) is 4.74 Å². The van der Waals surface area contributed by atoms with Crippen LogP contribution in [-0.4, -0.2) is 58.0 Å². The number of hydrogen-bond donors (Lipinski definition) is 1. The molecule has 3 heterocycles. The number of ether oxygens (including phenoxy) is 1. The molecule has 1 saturated carbocycles. The molecule has 1 amide bonds. The van der Waals surface area contributed by atoms with E-state index >= 15 is 0 Å². The molecule has 4 rings (SSSR count). The quantitative estimate of drug-likeness (QED) is 0.893. The van der Waals surface area contributed by atoms with Crippen molar-refractivity contribution >= 4 is 22.8 Å². The van der Waals surface area contributed by atoms with Gasteiger partial charge in [-0.2, -0.15) is 5.10 Å². The van der Waals surface area contributed by atoms with Crippen LogP contribution in [0.2, 0.25) is 0 Å². The molecule has 1 aliphatic carbocycles. The normalized spacial score (nSPS) is 18.9. The Labute approximate surface area is 153 Å². The van der Waals surface area contributed by atoms with Crippen molar-refractivity contribution in [3.63, 3.8) is 0 Å². The van der Waals surface area contributed by atoms with E-state index < -0.39 is 5.60 Å². The van der Waals surface area contributed by atoms with Crippen molar-refractivity contribution < 1.29 is 9.53 Å². The number of carbonyl (C=O) groups excluding carboxylic acids is 1. The van der Waals surface area contributed by atoms with Crippen LogP contribution in [0.4, 0.5) is 10.5 Å². The van der Waals surface area contributed by atoms with Crippen molar-refractivity contribution in [1.82, 2.24) is 20.1 Å². The van der Waals surface area contributed by atoms with Gasteiger partial charge in [0.15, 0.2) is 5.65 Å². The number of anilines is 1. The molecule has 0 aromatic carbocycles. The van der Waals surface area contributed by atoms with Crippen molar-refractivity contribution in [3.8, 4) is 0 Å². The third-order valence-corrected chi connectivity index (χ3v) is 5.27. The highest BCUT2D eigenvalue weighted by molar-refractivity contribution is 5.91. The number of amides is 1. The molecule has 7 heteroatoms. The lowest BCUT2D eigenvalue weighted by Gasteiger charge is -2.39. The zero-order valence-electron chi connectivity index (χ0n) is 15.8. The van der Waals surface area contributed by atoms with Crippen molar-refractivity contribution in [2.45, 2.75) is 51.6 Å². The molecule has 2 fully saturated rings. The molecule has 2 aliphatic rings. The number of fused-ring (bicyclic) bond motifs is 1. The second-order valence-electron chi connectivity index (χ2n) is 8.28. The molecule has 0 unspecified atom stereocenters. The Balaban J connectivity index is 1.54. The van der Waals surface area contributed by atoms with Gasteiger partial charge in [0.25, 0.3) is 0 Å². The molecule has 2 aromatic rings. The van der Waals surface area contributed by atoms with Gasteiger partial charge in [0.1, 0.15) is 5.60 Å². The molecule has 26 heavy (non-hydrogen) atoms. The van der Waals surface area contributed by atoms with E-state index in [1.807, 2.05) is 33.2 Å². The first-order valence-corrected chi connectivity index (χ1v) is 9.47. The van der Waals surface area contributed by atoms with Gasteiger partial charge < -0.3 is 14.5 Å². The Hall–Kier alpha value is -2.31. The molecule has 2 aromatic heterocycles. The fraction of sp³-hybridized carbons (Fsp3) is 0.632. The number of rotatable bonds is 2. The maximum atomic E-state index is 12.3. The SMILES string of the molecule is CC(C)(C)OC(=O)N1CCN(c2c(C3CCC3)cnc3[nH]ncc23)CC1. The minimum atomic E-state index is -0.459. The summed E-state index contributed by atoms with van der Waals surface area (Å²) in [5.74, 6) is 0.598. The van der Waals surface area contributed by atoms with E-state index in [0.717, 1.165) is 24.1 Å². The number of nitrogens with one attached hydrogen (secondary N) is 1. The topological polar surface area (TPSA) is 74.3 Å². The monoisotopic (exact) mass is 357 g/mol. The zero-order valence-corrected chi connectivity index (χ0v) is 15.8. The van der Waals surface area contributed by atoms with E-state index in [1.54, 1.807) is 4.90 Å². The first-order valence-electron chi connectivity index (χ1n) is 9.47. The van der Waals surface area contributed by atoms with Gasteiger partial charge in [-0.05, 0) is 45.1 Å². The predicted molar refractivity (Wildman–Crippen MR) is 101 cm³/mol. The molecular formula is C19H27N5O2. The maximum absolute atomic E-state index is 12.3. The van der Waals surface area contributed by atoms with Crippen LogP contribution >= 0.6 is 0 Å². The molecule has 1 N–H and O–H groups in total. The van der Waals surface area contributed by atoms with Gasteiger partial charge in [-0.25, -0.2) is 9.78 Å². The number of H-pyrrole nitrogens is 1. The van der Waals surface area contributed by atoms with Crippen LogP contribution in [0, 0.1) is 0 Å². The van der Waals surface area contributed by atoms with Crippen molar-refractivity contribution in [2.24, 2.45) is 0 Å². The van der Waals surface area contributed by atoms with E-state index in [0.29, 0.717) is 19.0 Å². The summed E-state index contributed by atoms with van der Waals surface area (Å²) in [5, 5.41) is 8.25. The molecule has 7 nitrogen and oxygen atoms in total. The van der Waals surface area contributed by atoms with Crippen LogP contribution in [0.15, 0.2) is 12.4 Å². The summed E-state index contributed by atoms with van der Waals surface area (Å²) < 4.78 is 5.51. The number of aromatic amines is 1. The van der Waals surface area contributed by atoms with Crippen LogP contribution in [0.5, 0.6) is 0 Å². The van der Waals surface area contributed by atoms with Gasteiger partial charge in [0.05, 0.1) is 17.3 Å². The largest absolute Gasteiger partial charge is 0.444 e. The fourth-order valence-corrected chi connectivity index (χ4v) is 3.71. The molecule has 1 saturated heterocycles. The second-order valence-corrected chi connectivity index (χ2v) is 8.28. The van der Waals surface area contributed by atoms with Crippen molar-refractivity contribution in [1.29, 1.82) is 0 Å². The molecule has 140 valence electrons. The smallest absolute Gasteiger partial charge is 0.410 e.